The molecule has 1 aromatic rings. The van der Waals surface area contributed by atoms with Gasteiger partial charge in [0.1, 0.15) is 0 Å². The molecule has 0 N–H and O–H groups in total. The summed E-state index contributed by atoms with van der Waals surface area (Å²) in [5.41, 5.74) is 0. The Morgan fingerprint density at radius 3 is 2.92 bits per heavy atom. The fourth-order valence-electron chi connectivity index (χ4n) is 0.841. The van der Waals surface area contributed by atoms with E-state index in [1.165, 1.54) is 9.35 Å². The maximum absolute atomic E-state index is 5.53. The minimum atomic E-state index is 0.713. The van der Waals surface area contributed by atoms with Gasteiger partial charge in [-0.15, -0.1) is 22.9 Å². The third kappa shape index (κ3) is 3.74. The first-order valence-corrected chi connectivity index (χ1v) is 5.97. The quantitative estimate of drug-likeness (QED) is 0.564. The van der Waals surface area contributed by atoms with Gasteiger partial charge in [0.05, 0.1) is 0 Å². The summed E-state index contributed by atoms with van der Waals surface area (Å²) in [6, 6.07) is 2.15. The van der Waals surface area contributed by atoms with E-state index in [0.29, 0.717) is 5.88 Å². The van der Waals surface area contributed by atoms with Crippen LogP contribution >= 0.6 is 38.9 Å². The molecule has 0 radical (unpaired) electrons. The predicted molar refractivity (Wildman–Crippen MR) is 60.2 cm³/mol. The normalized spacial score (nSPS) is 11.2. The molecule has 1 heterocycles. The molecule has 0 saturated heterocycles. The first-order chi connectivity index (χ1) is 5.83. The van der Waals surface area contributed by atoms with Gasteiger partial charge in [0.25, 0.3) is 0 Å². The molecule has 0 bridgehead atoms. The van der Waals surface area contributed by atoms with E-state index >= 15 is 0 Å². The lowest BCUT2D eigenvalue weighted by Crippen LogP contribution is -1.72. The number of rotatable bonds is 4. The molecule has 0 aliphatic rings. The highest BCUT2D eigenvalue weighted by molar-refractivity contribution is 9.10. The average Bonchev–Trinajstić information content (AvgIpc) is 2.45. The van der Waals surface area contributed by atoms with Crippen molar-refractivity contribution in [1.82, 2.24) is 0 Å². The van der Waals surface area contributed by atoms with Gasteiger partial charge in [-0.1, -0.05) is 12.2 Å². The van der Waals surface area contributed by atoms with Gasteiger partial charge in [-0.25, -0.2) is 0 Å². The molecule has 1 rings (SSSR count). The van der Waals surface area contributed by atoms with E-state index in [2.05, 4.69) is 39.5 Å². The number of halogens is 2. The molecule has 1 aromatic heterocycles. The first-order valence-electron chi connectivity index (χ1n) is 3.77. The summed E-state index contributed by atoms with van der Waals surface area (Å²) in [5, 5.41) is 2.10. The standard InChI is InChI=1S/C9H10BrClS/c10-8-6-9(12-7-8)4-2-1-3-5-11/h1-2,6-7H,3-5H2. The molecule has 0 atom stereocenters. The molecule has 0 unspecified atom stereocenters. The van der Waals surface area contributed by atoms with Crippen LogP contribution in [0.3, 0.4) is 0 Å². The molecule has 3 heteroatoms. The van der Waals surface area contributed by atoms with Crippen LogP contribution in [0.5, 0.6) is 0 Å². The lowest BCUT2D eigenvalue weighted by atomic mass is 10.3. The first kappa shape index (κ1) is 10.3. The molecule has 0 aliphatic carbocycles. The van der Waals surface area contributed by atoms with Crippen molar-refractivity contribution >= 4 is 38.9 Å². The molecule has 0 fully saturated rings. The molecule has 0 saturated carbocycles. The van der Waals surface area contributed by atoms with E-state index in [1.807, 2.05) is 0 Å². The smallest absolute Gasteiger partial charge is 0.0285 e. The van der Waals surface area contributed by atoms with Gasteiger partial charge in [-0.3, -0.25) is 0 Å². The van der Waals surface area contributed by atoms with Crippen LogP contribution in [0.4, 0.5) is 0 Å². The van der Waals surface area contributed by atoms with Crippen molar-refractivity contribution in [2.45, 2.75) is 12.8 Å². The molecular weight excluding hydrogens is 256 g/mol. The Morgan fingerprint density at radius 1 is 1.50 bits per heavy atom. The van der Waals surface area contributed by atoms with Crippen LogP contribution in [0.2, 0.25) is 0 Å². The fourth-order valence-corrected chi connectivity index (χ4v) is 2.39. The highest BCUT2D eigenvalue weighted by Gasteiger charge is 1.93. The summed E-state index contributed by atoms with van der Waals surface area (Å²) in [5.74, 6) is 0.713. The lowest BCUT2D eigenvalue weighted by Gasteiger charge is -1.86. The van der Waals surface area contributed by atoms with Crippen LogP contribution in [0.15, 0.2) is 28.1 Å². The second-order valence-electron chi connectivity index (χ2n) is 2.38. The van der Waals surface area contributed by atoms with E-state index < -0.39 is 0 Å². The van der Waals surface area contributed by atoms with Crippen LogP contribution in [0.25, 0.3) is 0 Å². The van der Waals surface area contributed by atoms with Gasteiger partial charge >= 0.3 is 0 Å². The van der Waals surface area contributed by atoms with E-state index in [0.717, 1.165) is 12.8 Å². The van der Waals surface area contributed by atoms with Crippen molar-refractivity contribution in [3.63, 3.8) is 0 Å². The highest BCUT2D eigenvalue weighted by Crippen LogP contribution is 2.20. The van der Waals surface area contributed by atoms with Crippen molar-refractivity contribution in [2.75, 3.05) is 5.88 Å². The molecule has 66 valence electrons. The second kappa shape index (κ2) is 5.79. The molecule has 0 spiro atoms. The largest absolute Gasteiger partial charge is 0.147 e. The Hall–Kier alpha value is 0.210. The maximum atomic E-state index is 5.53. The molecule has 12 heavy (non-hydrogen) atoms. The zero-order valence-electron chi connectivity index (χ0n) is 6.59. The van der Waals surface area contributed by atoms with Crippen LogP contribution < -0.4 is 0 Å². The third-order valence-electron chi connectivity index (χ3n) is 1.38. The zero-order chi connectivity index (χ0) is 8.81. The molecule has 0 aliphatic heterocycles. The Morgan fingerprint density at radius 2 is 2.33 bits per heavy atom. The van der Waals surface area contributed by atoms with Gasteiger partial charge in [-0.05, 0) is 34.8 Å². The predicted octanol–water partition coefficient (Wildman–Crippen LogP) is 4.24. The molecular formula is C9H10BrClS. The summed E-state index contributed by atoms with van der Waals surface area (Å²) in [6.07, 6.45) is 6.28. The van der Waals surface area contributed by atoms with Gasteiger partial charge in [-0.2, -0.15) is 0 Å². The van der Waals surface area contributed by atoms with E-state index in [1.54, 1.807) is 11.3 Å². The number of alkyl halides is 1. The van der Waals surface area contributed by atoms with Gasteiger partial charge in [0.2, 0.25) is 0 Å². The number of thiophene rings is 1. The van der Waals surface area contributed by atoms with Crippen molar-refractivity contribution in [3.05, 3.63) is 32.9 Å². The summed E-state index contributed by atoms with van der Waals surface area (Å²) in [4.78, 5) is 1.38. The van der Waals surface area contributed by atoms with Gasteiger partial charge < -0.3 is 0 Å². The topological polar surface area (TPSA) is 0 Å². The Kier molecular flexibility index (Phi) is 4.96. The van der Waals surface area contributed by atoms with Crippen LogP contribution in [0.1, 0.15) is 11.3 Å². The molecule has 0 nitrogen and oxygen atoms in total. The monoisotopic (exact) mass is 264 g/mol. The molecule has 0 aromatic carbocycles. The van der Waals surface area contributed by atoms with Crippen molar-refractivity contribution in [1.29, 1.82) is 0 Å². The summed E-state index contributed by atoms with van der Waals surface area (Å²) in [6.45, 7) is 0. The fraction of sp³-hybridized carbons (Fsp3) is 0.333. The van der Waals surface area contributed by atoms with Crippen molar-refractivity contribution < 1.29 is 0 Å². The zero-order valence-corrected chi connectivity index (χ0v) is 9.75. The van der Waals surface area contributed by atoms with E-state index in [4.69, 9.17) is 11.6 Å². The van der Waals surface area contributed by atoms with Crippen LogP contribution in [-0.4, -0.2) is 5.88 Å². The second-order valence-corrected chi connectivity index (χ2v) is 4.67. The lowest BCUT2D eigenvalue weighted by molar-refractivity contribution is 1.20. The number of hydrogen-bond acceptors (Lipinski definition) is 1. The van der Waals surface area contributed by atoms with Crippen LogP contribution in [0, 0.1) is 0 Å². The van der Waals surface area contributed by atoms with Crippen molar-refractivity contribution in [3.8, 4) is 0 Å². The Bertz CT molecular complexity index is 255. The van der Waals surface area contributed by atoms with E-state index in [-0.39, 0.29) is 0 Å². The highest BCUT2D eigenvalue weighted by atomic mass is 79.9. The number of allylic oxidation sites excluding steroid dienone is 2. The Balaban J connectivity index is 2.33. The summed E-state index contributed by atoms with van der Waals surface area (Å²) >= 11 is 10.7. The minimum absolute atomic E-state index is 0.713. The van der Waals surface area contributed by atoms with Crippen LogP contribution in [-0.2, 0) is 6.42 Å². The minimum Gasteiger partial charge on any atom is -0.147 e. The average molecular weight is 266 g/mol. The van der Waals surface area contributed by atoms with Crippen molar-refractivity contribution in [2.24, 2.45) is 0 Å². The van der Waals surface area contributed by atoms with Gasteiger partial charge in [0.15, 0.2) is 0 Å². The van der Waals surface area contributed by atoms with Gasteiger partial charge in [0, 0.05) is 20.6 Å². The maximum Gasteiger partial charge on any atom is 0.0285 e. The SMILES string of the molecule is ClCCC=CCc1cc(Br)cs1. The van der Waals surface area contributed by atoms with E-state index in [9.17, 15) is 0 Å². The molecule has 0 amide bonds. The Labute approximate surface area is 90.4 Å². The number of hydrogen-bond donors (Lipinski definition) is 0. The third-order valence-corrected chi connectivity index (χ3v) is 3.32. The summed E-state index contributed by atoms with van der Waals surface area (Å²) < 4.78 is 1.17. The summed E-state index contributed by atoms with van der Waals surface area (Å²) in [7, 11) is 0.